The predicted octanol–water partition coefficient (Wildman–Crippen LogP) is 3.27. The summed E-state index contributed by atoms with van der Waals surface area (Å²) in [5, 5.41) is 3.99. The van der Waals surface area contributed by atoms with Crippen LogP contribution in [0, 0.1) is 6.92 Å². The number of nitrogens with zero attached hydrogens (tertiary/aromatic N) is 1. The highest BCUT2D eigenvalue weighted by molar-refractivity contribution is 6.01. The van der Waals surface area contributed by atoms with Crippen molar-refractivity contribution in [2.75, 3.05) is 0 Å². The lowest BCUT2D eigenvalue weighted by molar-refractivity contribution is 0.269. The van der Waals surface area contributed by atoms with E-state index in [9.17, 15) is 0 Å². The van der Waals surface area contributed by atoms with Gasteiger partial charge in [0.25, 0.3) is 0 Å². The number of aryl methyl sites for hydroxylation is 1. The van der Waals surface area contributed by atoms with Gasteiger partial charge >= 0.3 is 0 Å². The van der Waals surface area contributed by atoms with Crippen LogP contribution < -0.4 is 0 Å². The molecular weight excluding hydrogens is 174 g/mol. The quantitative estimate of drug-likeness (QED) is 0.404. The minimum absolute atomic E-state index is 0.846. The molecule has 0 aromatic heterocycles. The van der Waals surface area contributed by atoms with E-state index in [1.165, 1.54) is 11.8 Å². The zero-order valence-corrected chi connectivity index (χ0v) is 8.66. The molecule has 0 atom stereocenters. The van der Waals surface area contributed by atoms with E-state index in [-0.39, 0.29) is 0 Å². The van der Waals surface area contributed by atoms with Crippen LogP contribution >= 0.6 is 0 Å². The second-order valence-corrected chi connectivity index (χ2v) is 2.98. The summed E-state index contributed by atoms with van der Waals surface area (Å²) in [6.45, 7) is 7.57. The summed E-state index contributed by atoms with van der Waals surface area (Å²) in [4.78, 5) is 4.85. The molecule has 0 aliphatic rings. The smallest absolute Gasteiger partial charge is 0.114 e. The SMILES string of the molecule is C=CO/N=C(\CC)c1ccccc1C. The van der Waals surface area contributed by atoms with Crippen molar-refractivity contribution in [1.82, 2.24) is 0 Å². The van der Waals surface area contributed by atoms with Crippen LogP contribution in [-0.4, -0.2) is 5.71 Å². The number of hydrogen-bond acceptors (Lipinski definition) is 2. The van der Waals surface area contributed by atoms with Gasteiger partial charge in [-0.1, -0.05) is 42.9 Å². The molecule has 1 rings (SSSR count). The molecule has 2 heteroatoms. The highest BCUT2D eigenvalue weighted by Gasteiger charge is 2.03. The van der Waals surface area contributed by atoms with Crippen LogP contribution in [0.2, 0.25) is 0 Å². The summed E-state index contributed by atoms with van der Waals surface area (Å²) in [5.74, 6) is 0. The minimum atomic E-state index is 0.846. The zero-order chi connectivity index (χ0) is 10.4. The Morgan fingerprint density at radius 1 is 1.50 bits per heavy atom. The molecule has 0 spiro atoms. The fraction of sp³-hybridized carbons (Fsp3) is 0.250. The highest BCUT2D eigenvalue weighted by Crippen LogP contribution is 2.10. The lowest BCUT2D eigenvalue weighted by Crippen LogP contribution is -2.01. The van der Waals surface area contributed by atoms with Crippen LogP contribution in [0.25, 0.3) is 0 Å². The Morgan fingerprint density at radius 3 is 2.79 bits per heavy atom. The molecule has 0 fully saturated rings. The molecule has 0 unspecified atom stereocenters. The molecule has 0 saturated heterocycles. The van der Waals surface area contributed by atoms with E-state index in [2.05, 4.69) is 31.6 Å². The molecule has 0 bridgehead atoms. The molecule has 0 radical (unpaired) electrons. The molecule has 0 N–H and O–H groups in total. The zero-order valence-electron chi connectivity index (χ0n) is 8.66. The molecule has 2 nitrogen and oxygen atoms in total. The van der Waals surface area contributed by atoms with Gasteiger partial charge in [-0.05, 0) is 18.9 Å². The van der Waals surface area contributed by atoms with Crippen molar-refractivity contribution in [3.05, 3.63) is 48.2 Å². The van der Waals surface area contributed by atoms with Crippen LogP contribution in [-0.2, 0) is 4.84 Å². The lowest BCUT2D eigenvalue weighted by Gasteiger charge is -2.05. The van der Waals surface area contributed by atoms with E-state index in [1.54, 1.807) is 0 Å². The second-order valence-electron chi connectivity index (χ2n) is 2.98. The minimum Gasteiger partial charge on any atom is -0.365 e. The summed E-state index contributed by atoms with van der Waals surface area (Å²) in [6, 6.07) is 8.13. The van der Waals surface area contributed by atoms with Crippen molar-refractivity contribution in [3.63, 3.8) is 0 Å². The first-order valence-corrected chi connectivity index (χ1v) is 4.69. The lowest BCUT2D eigenvalue weighted by atomic mass is 10.0. The summed E-state index contributed by atoms with van der Waals surface area (Å²) >= 11 is 0. The first kappa shape index (κ1) is 10.5. The third-order valence-electron chi connectivity index (χ3n) is 2.03. The van der Waals surface area contributed by atoms with Gasteiger partial charge in [-0.2, -0.15) is 0 Å². The largest absolute Gasteiger partial charge is 0.365 e. The monoisotopic (exact) mass is 189 g/mol. The highest BCUT2D eigenvalue weighted by atomic mass is 16.6. The van der Waals surface area contributed by atoms with Crippen molar-refractivity contribution in [2.45, 2.75) is 20.3 Å². The molecule has 0 heterocycles. The van der Waals surface area contributed by atoms with Gasteiger partial charge in [-0.3, -0.25) is 0 Å². The van der Waals surface area contributed by atoms with Crippen molar-refractivity contribution in [1.29, 1.82) is 0 Å². The molecule has 14 heavy (non-hydrogen) atoms. The number of oxime groups is 1. The molecule has 0 amide bonds. The van der Waals surface area contributed by atoms with E-state index < -0.39 is 0 Å². The maximum Gasteiger partial charge on any atom is 0.114 e. The predicted molar refractivity (Wildman–Crippen MR) is 59.3 cm³/mol. The molecular formula is C12H15NO. The first-order chi connectivity index (χ1) is 6.79. The summed E-state index contributed by atoms with van der Waals surface area (Å²) in [6.07, 6.45) is 2.17. The number of rotatable bonds is 4. The summed E-state index contributed by atoms with van der Waals surface area (Å²) in [7, 11) is 0. The Hall–Kier alpha value is -1.57. The molecule has 0 saturated carbocycles. The average Bonchev–Trinajstić information content (AvgIpc) is 2.21. The standard InChI is InChI=1S/C12H15NO/c1-4-12(13-14-5-2)11-9-7-6-8-10(11)3/h5-9H,2,4H2,1,3H3/b13-12+. The van der Waals surface area contributed by atoms with Crippen molar-refractivity contribution >= 4 is 5.71 Å². The van der Waals surface area contributed by atoms with Crippen LogP contribution in [0.15, 0.2) is 42.3 Å². The van der Waals surface area contributed by atoms with Crippen molar-refractivity contribution < 1.29 is 4.84 Å². The Bertz CT molecular complexity index is 342. The Balaban J connectivity index is 3.00. The fourth-order valence-corrected chi connectivity index (χ4v) is 1.30. The average molecular weight is 189 g/mol. The van der Waals surface area contributed by atoms with Gasteiger partial charge in [-0.25, -0.2) is 0 Å². The van der Waals surface area contributed by atoms with Gasteiger partial charge in [0.2, 0.25) is 0 Å². The van der Waals surface area contributed by atoms with E-state index in [0.29, 0.717) is 0 Å². The second kappa shape index (κ2) is 5.22. The van der Waals surface area contributed by atoms with Gasteiger partial charge in [0.15, 0.2) is 0 Å². The van der Waals surface area contributed by atoms with Gasteiger partial charge in [0.1, 0.15) is 6.26 Å². The van der Waals surface area contributed by atoms with E-state index in [0.717, 1.165) is 17.7 Å². The van der Waals surface area contributed by atoms with Crippen LogP contribution in [0.1, 0.15) is 24.5 Å². The normalized spacial score (nSPS) is 11.1. The Morgan fingerprint density at radius 2 is 2.21 bits per heavy atom. The molecule has 74 valence electrons. The van der Waals surface area contributed by atoms with Crippen LogP contribution in [0.4, 0.5) is 0 Å². The molecule has 0 aliphatic heterocycles. The third kappa shape index (κ3) is 2.46. The van der Waals surface area contributed by atoms with Gasteiger partial charge < -0.3 is 4.84 Å². The van der Waals surface area contributed by atoms with Crippen LogP contribution in [0.3, 0.4) is 0 Å². The van der Waals surface area contributed by atoms with Gasteiger partial charge in [0, 0.05) is 5.56 Å². The molecule has 1 aromatic rings. The topological polar surface area (TPSA) is 21.6 Å². The number of benzene rings is 1. The van der Waals surface area contributed by atoms with Crippen LogP contribution in [0.5, 0.6) is 0 Å². The van der Waals surface area contributed by atoms with E-state index >= 15 is 0 Å². The third-order valence-corrected chi connectivity index (χ3v) is 2.03. The molecule has 0 aliphatic carbocycles. The van der Waals surface area contributed by atoms with Crippen molar-refractivity contribution in [2.24, 2.45) is 5.16 Å². The van der Waals surface area contributed by atoms with E-state index in [4.69, 9.17) is 4.84 Å². The van der Waals surface area contributed by atoms with E-state index in [1.807, 2.05) is 18.2 Å². The molecule has 1 aromatic carbocycles. The maximum atomic E-state index is 4.85. The summed E-state index contributed by atoms with van der Waals surface area (Å²) in [5.41, 5.74) is 3.29. The Labute approximate surface area is 84.9 Å². The van der Waals surface area contributed by atoms with Gasteiger partial charge in [-0.15, -0.1) is 0 Å². The fourth-order valence-electron chi connectivity index (χ4n) is 1.30. The van der Waals surface area contributed by atoms with Gasteiger partial charge in [0.05, 0.1) is 5.71 Å². The summed E-state index contributed by atoms with van der Waals surface area (Å²) < 4.78 is 0. The Kier molecular flexibility index (Phi) is 3.92. The first-order valence-electron chi connectivity index (χ1n) is 4.69. The maximum absolute atomic E-state index is 4.85. The van der Waals surface area contributed by atoms with Crippen molar-refractivity contribution in [3.8, 4) is 0 Å². The number of hydrogen-bond donors (Lipinski definition) is 0.